The molecule has 1 fully saturated rings. The second-order valence-corrected chi connectivity index (χ2v) is 6.01. The fraction of sp³-hybridized carbons (Fsp3) is 0.438. The average molecular weight is 308 g/mol. The van der Waals surface area contributed by atoms with Gasteiger partial charge >= 0.3 is 0 Å². The molecule has 2 aliphatic rings. The van der Waals surface area contributed by atoms with Crippen LogP contribution in [0.1, 0.15) is 30.4 Å². The van der Waals surface area contributed by atoms with Gasteiger partial charge in [0.25, 0.3) is 5.91 Å². The van der Waals surface area contributed by atoms with Crippen LogP contribution in [0.15, 0.2) is 17.9 Å². The van der Waals surface area contributed by atoms with Crippen LogP contribution >= 0.6 is 11.6 Å². The molecular formula is C16H18ClNO3. The summed E-state index contributed by atoms with van der Waals surface area (Å²) in [6.07, 6.45) is 2.83. The number of amides is 1. The van der Waals surface area contributed by atoms with Crippen molar-refractivity contribution in [3.05, 3.63) is 34.0 Å². The van der Waals surface area contributed by atoms with Crippen molar-refractivity contribution >= 4 is 23.1 Å². The summed E-state index contributed by atoms with van der Waals surface area (Å²) in [5.41, 5.74) is 1.85. The third-order valence-electron chi connectivity index (χ3n) is 4.28. The highest BCUT2D eigenvalue weighted by Crippen LogP contribution is 2.41. The lowest BCUT2D eigenvalue weighted by molar-refractivity contribution is -0.126. The molecule has 0 saturated carbocycles. The lowest BCUT2D eigenvalue weighted by atomic mass is 9.97. The molecule has 1 aromatic carbocycles. The highest BCUT2D eigenvalue weighted by molar-refractivity contribution is 6.31. The molecule has 1 saturated heterocycles. The normalized spacial score (nSPS) is 21.8. The number of carbonyl (C=O) groups is 1. The highest BCUT2D eigenvalue weighted by atomic mass is 35.5. The van der Waals surface area contributed by atoms with Crippen molar-refractivity contribution in [2.24, 2.45) is 0 Å². The molecule has 1 atom stereocenters. The van der Waals surface area contributed by atoms with Crippen LogP contribution in [0, 0.1) is 6.92 Å². The van der Waals surface area contributed by atoms with Crippen molar-refractivity contribution in [3.8, 4) is 5.75 Å². The summed E-state index contributed by atoms with van der Waals surface area (Å²) >= 11 is 6.05. The molecule has 1 unspecified atom stereocenters. The van der Waals surface area contributed by atoms with Gasteiger partial charge in [0.1, 0.15) is 11.5 Å². The van der Waals surface area contributed by atoms with Crippen LogP contribution in [0.25, 0.3) is 5.57 Å². The number of aryl methyl sites for hydroxylation is 1. The Bertz CT molecular complexity index is 639. The van der Waals surface area contributed by atoms with Crippen molar-refractivity contribution < 1.29 is 14.6 Å². The molecule has 0 radical (unpaired) electrons. The summed E-state index contributed by atoms with van der Waals surface area (Å²) in [7, 11) is 1.54. The lowest BCUT2D eigenvalue weighted by Gasteiger charge is -2.29. The molecule has 1 N–H and O–H groups in total. The summed E-state index contributed by atoms with van der Waals surface area (Å²) in [5, 5.41) is 11.1. The zero-order valence-corrected chi connectivity index (χ0v) is 12.9. The largest absolute Gasteiger partial charge is 0.509 e. The number of carbonyl (C=O) groups excluding carboxylic acids is 1. The topological polar surface area (TPSA) is 49.8 Å². The van der Waals surface area contributed by atoms with Gasteiger partial charge in [-0.25, -0.2) is 0 Å². The van der Waals surface area contributed by atoms with Crippen LogP contribution in [0.5, 0.6) is 5.75 Å². The predicted octanol–water partition coefficient (Wildman–Crippen LogP) is 3.32. The van der Waals surface area contributed by atoms with Gasteiger partial charge in [0.15, 0.2) is 0 Å². The maximum absolute atomic E-state index is 12.7. The van der Waals surface area contributed by atoms with Gasteiger partial charge in [0, 0.05) is 17.1 Å². The van der Waals surface area contributed by atoms with Crippen LogP contribution in [0.2, 0.25) is 5.02 Å². The number of piperidine rings is 1. The molecule has 21 heavy (non-hydrogen) atoms. The standard InChI is InChI=1S/C16H18ClNO3/c1-9-7-10(17)8-12(21-2)13(9)14-15(19)11-5-3-4-6-18(11)16(14)20/h7-8,11,19H,3-6H2,1-2H3. The Labute approximate surface area is 129 Å². The maximum atomic E-state index is 12.7. The number of fused-ring (bicyclic) bond motifs is 1. The Kier molecular flexibility index (Phi) is 3.57. The number of aliphatic hydroxyl groups excluding tert-OH is 1. The van der Waals surface area contributed by atoms with E-state index < -0.39 is 0 Å². The number of nitrogens with zero attached hydrogens (tertiary/aromatic N) is 1. The van der Waals surface area contributed by atoms with Gasteiger partial charge in [0.05, 0.1) is 18.7 Å². The summed E-state index contributed by atoms with van der Waals surface area (Å²) in [6, 6.07) is 3.28. The second-order valence-electron chi connectivity index (χ2n) is 5.57. The summed E-state index contributed by atoms with van der Waals surface area (Å²) in [4.78, 5) is 14.4. The third kappa shape index (κ3) is 2.18. The number of hydrogen-bond donors (Lipinski definition) is 1. The van der Waals surface area contributed by atoms with E-state index in [1.165, 1.54) is 0 Å². The van der Waals surface area contributed by atoms with Crippen molar-refractivity contribution in [1.82, 2.24) is 4.90 Å². The fourth-order valence-electron chi connectivity index (χ4n) is 3.31. The molecular weight excluding hydrogens is 290 g/mol. The van der Waals surface area contributed by atoms with Crippen molar-refractivity contribution in [3.63, 3.8) is 0 Å². The van der Waals surface area contributed by atoms with E-state index in [2.05, 4.69) is 0 Å². The molecule has 0 aliphatic carbocycles. The van der Waals surface area contributed by atoms with Crippen molar-refractivity contribution in [2.45, 2.75) is 32.2 Å². The van der Waals surface area contributed by atoms with Crippen molar-refractivity contribution in [2.75, 3.05) is 13.7 Å². The molecule has 4 nitrogen and oxygen atoms in total. The van der Waals surface area contributed by atoms with Gasteiger partial charge in [-0.2, -0.15) is 0 Å². The SMILES string of the molecule is COc1cc(Cl)cc(C)c1C1=C(O)C2CCCCN2C1=O. The fourth-order valence-corrected chi connectivity index (χ4v) is 3.57. The Balaban J connectivity index is 2.16. The summed E-state index contributed by atoms with van der Waals surface area (Å²) < 4.78 is 5.37. The Morgan fingerprint density at radius 3 is 2.81 bits per heavy atom. The van der Waals surface area contributed by atoms with Gasteiger partial charge in [-0.05, 0) is 43.9 Å². The van der Waals surface area contributed by atoms with Crippen LogP contribution in [-0.2, 0) is 4.79 Å². The second kappa shape index (κ2) is 5.26. The van der Waals surface area contributed by atoms with E-state index in [1.807, 2.05) is 6.92 Å². The molecule has 5 heteroatoms. The molecule has 2 heterocycles. The van der Waals surface area contributed by atoms with Crippen LogP contribution in [0.4, 0.5) is 0 Å². The lowest BCUT2D eigenvalue weighted by Crippen LogP contribution is -2.39. The first-order valence-electron chi connectivity index (χ1n) is 7.13. The van der Waals surface area contributed by atoms with Crippen LogP contribution in [-0.4, -0.2) is 35.6 Å². The first-order chi connectivity index (χ1) is 10.0. The van der Waals surface area contributed by atoms with E-state index in [9.17, 15) is 9.90 Å². The van der Waals surface area contributed by atoms with Crippen LogP contribution < -0.4 is 4.74 Å². The number of benzene rings is 1. The molecule has 112 valence electrons. The third-order valence-corrected chi connectivity index (χ3v) is 4.50. The van der Waals surface area contributed by atoms with Gasteiger partial charge in [0.2, 0.25) is 0 Å². The number of methoxy groups -OCH3 is 1. The first-order valence-corrected chi connectivity index (χ1v) is 7.51. The average Bonchev–Trinajstić information content (AvgIpc) is 2.71. The van der Waals surface area contributed by atoms with E-state index >= 15 is 0 Å². The number of halogens is 1. The van der Waals surface area contributed by atoms with Gasteiger partial charge in [-0.3, -0.25) is 4.79 Å². The Morgan fingerprint density at radius 1 is 1.38 bits per heavy atom. The van der Waals surface area contributed by atoms with Gasteiger partial charge < -0.3 is 14.7 Å². The number of aliphatic hydroxyl groups is 1. The number of hydrogen-bond acceptors (Lipinski definition) is 3. The number of rotatable bonds is 2. The minimum absolute atomic E-state index is 0.110. The Hall–Kier alpha value is -1.68. The molecule has 0 aromatic heterocycles. The van der Waals surface area contributed by atoms with Gasteiger partial charge in [-0.15, -0.1) is 0 Å². The van der Waals surface area contributed by atoms with E-state index in [0.717, 1.165) is 24.8 Å². The van der Waals surface area contributed by atoms with E-state index in [4.69, 9.17) is 16.3 Å². The highest BCUT2D eigenvalue weighted by Gasteiger charge is 2.42. The first kappa shape index (κ1) is 14.3. The van der Waals surface area contributed by atoms with E-state index in [1.54, 1.807) is 24.1 Å². The molecule has 2 aliphatic heterocycles. The predicted molar refractivity (Wildman–Crippen MR) is 81.6 cm³/mol. The molecule has 3 rings (SSSR count). The zero-order valence-electron chi connectivity index (χ0n) is 12.1. The molecule has 0 spiro atoms. The Morgan fingerprint density at radius 2 is 2.14 bits per heavy atom. The minimum atomic E-state index is -0.180. The van der Waals surface area contributed by atoms with Gasteiger partial charge in [-0.1, -0.05) is 11.6 Å². The van der Waals surface area contributed by atoms with Crippen molar-refractivity contribution in [1.29, 1.82) is 0 Å². The summed E-state index contributed by atoms with van der Waals surface area (Å²) in [5.74, 6) is 0.582. The maximum Gasteiger partial charge on any atom is 0.258 e. The van der Waals surface area contributed by atoms with E-state index in [0.29, 0.717) is 28.5 Å². The monoisotopic (exact) mass is 307 g/mol. The minimum Gasteiger partial charge on any atom is -0.509 e. The van der Waals surface area contributed by atoms with E-state index in [-0.39, 0.29) is 17.7 Å². The molecule has 1 amide bonds. The molecule has 0 bridgehead atoms. The van der Waals surface area contributed by atoms with Crippen LogP contribution in [0.3, 0.4) is 0 Å². The molecule has 1 aromatic rings. The zero-order chi connectivity index (χ0) is 15.1. The smallest absolute Gasteiger partial charge is 0.258 e. The number of ether oxygens (including phenoxy) is 1. The summed E-state index contributed by atoms with van der Waals surface area (Å²) in [6.45, 7) is 2.57. The quantitative estimate of drug-likeness (QED) is 0.912.